The maximum atomic E-state index is 12.4. The van der Waals surface area contributed by atoms with Crippen LogP contribution in [-0.2, 0) is 13.6 Å². The summed E-state index contributed by atoms with van der Waals surface area (Å²) < 4.78 is 3.02. The summed E-state index contributed by atoms with van der Waals surface area (Å²) in [6.45, 7) is 2.03. The minimum Gasteiger partial charge on any atom is -0.394 e. The third kappa shape index (κ3) is 3.59. The minimum atomic E-state index is -0.894. The maximum absolute atomic E-state index is 12.4. The molecule has 0 bridgehead atoms. The summed E-state index contributed by atoms with van der Waals surface area (Å²) in [5, 5.41) is 19.2. The second-order valence-corrected chi connectivity index (χ2v) is 7.09. The van der Waals surface area contributed by atoms with Crippen LogP contribution in [-0.4, -0.2) is 47.8 Å². The highest BCUT2D eigenvalue weighted by Gasteiger charge is 2.19. The molecule has 0 saturated carbocycles. The first-order valence-corrected chi connectivity index (χ1v) is 9.06. The number of aliphatic hydroxyl groups is 2. The van der Waals surface area contributed by atoms with E-state index in [4.69, 9.17) is 5.11 Å². The van der Waals surface area contributed by atoms with Crippen molar-refractivity contribution in [1.29, 1.82) is 0 Å². The molecule has 0 fully saturated rings. The number of imidazole rings is 1. The van der Waals surface area contributed by atoms with E-state index in [0.29, 0.717) is 17.2 Å². The Morgan fingerprint density at radius 3 is 2.81 bits per heavy atom. The van der Waals surface area contributed by atoms with Gasteiger partial charge in [0.05, 0.1) is 19.3 Å². The van der Waals surface area contributed by atoms with Crippen LogP contribution < -0.4 is 11.2 Å². The molecule has 2 heterocycles. The van der Waals surface area contributed by atoms with Crippen molar-refractivity contribution in [1.82, 2.24) is 19.1 Å². The van der Waals surface area contributed by atoms with E-state index in [1.165, 1.54) is 16.3 Å². The number of aryl methyl sites for hydroxylation is 2. The molecule has 0 spiro atoms. The largest absolute Gasteiger partial charge is 0.394 e. The molecular formula is C17H20N4O4S. The van der Waals surface area contributed by atoms with Crippen molar-refractivity contribution in [2.75, 3.05) is 12.4 Å². The quantitative estimate of drug-likeness (QED) is 0.531. The van der Waals surface area contributed by atoms with Gasteiger partial charge in [0, 0.05) is 12.8 Å². The molecule has 0 aliphatic carbocycles. The summed E-state index contributed by atoms with van der Waals surface area (Å²) in [7, 11) is 1.54. The summed E-state index contributed by atoms with van der Waals surface area (Å²) in [5.41, 5.74) is 1.63. The summed E-state index contributed by atoms with van der Waals surface area (Å²) >= 11 is 1.23. The van der Waals surface area contributed by atoms with Crippen molar-refractivity contribution >= 4 is 22.9 Å². The molecule has 8 nitrogen and oxygen atoms in total. The molecule has 2 aromatic heterocycles. The number of rotatable bonds is 6. The molecule has 3 rings (SSSR count). The van der Waals surface area contributed by atoms with Gasteiger partial charge in [-0.2, -0.15) is 0 Å². The zero-order valence-electron chi connectivity index (χ0n) is 14.5. The zero-order chi connectivity index (χ0) is 18.8. The average molecular weight is 376 g/mol. The fourth-order valence-electron chi connectivity index (χ4n) is 2.69. The molecule has 0 aliphatic heterocycles. The van der Waals surface area contributed by atoms with Crippen molar-refractivity contribution in [3.63, 3.8) is 0 Å². The van der Waals surface area contributed by atoms with Crippen molar-refractivity contribution < 1.29 is 10.2 Å². The Morgan fingerprint density at radius 2 is 2.12 bits per heavy atom. The molecule has 0 amide bonds. The number of aliphatic hydroxyl groups excluding tert-OH is 2. The number of benzene rings is 1. The van der Waals surface area contributed by atoms with Crippen LogP contribution in [0.15, 0.2) is 39.0 Å². The second-order valence-electron chi connectivity index (χ2n) is 6.11. The monoisotopic (exact) mass is 376 g/mol. The predicted octanol–water partition coefficient (Wildman–Crippen LogP) is 0.225. The van der Waals surface area contributed by atoms with Crippen LogP contribution in [0.2, 0.25) is 0 Å². The number of hydrogen-bond donors (Lipinski definition) is 3. The molecule has 1 atom stereocenters. The first-order valence-electron chi connectivity index (χ1n) is 8.07. The van der Waals surface area contributed by atoms with Gasteiger partial charge in [-0.3, -0.25) is 14.3 Å². The Morgan fingerprint density at radius 1 is 1.35 bits per heavy atom. The van der Waals surface area contributed by atoms with E-state index in [1.54, 1.807) is 11.6 Å². The first kappa shape index (κ1) is 18.4. The van der Waals surface area contributed by atoms with E-state index in [1.807, 2.05) is 31.2 Å². The van der Waals surface area contributed by atoms with E-state index in [9.17, 15) is 14.7 Å². The standard InChI is InChI=1S/C17H20N4O4S/c1-10-4-3-5-11(6-10)7-21-13-14(20(2)16(25)19-15(13)24)18-17(21)26-9-12(23)8-22/h3-6,12,22-23H,7-9H2,1-2H3,(H,19,24,25)/t12-/m0/s1. The number of aromatic nitrogens is 4. The number of nitrogens with zero attached hydrogens (tertiary/aromatic N) is 3. The van der Waals surface area contributed by atoms with Crippen LogP contribution in [0.4, 0.5) is 0 Å². The van der Waals surface area contributed by atoms with Gasteiger partial charge in [-0.1, -0.05) is 41.6 Å². The molecule has 0 aliphatic rings. The normalized spacial score (nSPS) is 12.6. The van der Waals surface area contributed by atoms with Gasteiger partial charge in [0.25, 0.3) is 5.56 Å². The van der Waals surface area contributed by atoms with Gasteiger partial charge in [-0.25, -0.2) is 9.78 Å². The van der Waals surface area contributed by atoms with E-state index < -0.39 is 17.4 Å². The average Bonchev–Trinajstić information content (AvgIpc) is 2.96. The highest BCUT2D eigenvalue weighted by atomic mass is 32.2. The maximum Gasteiger partial charge on any atom is 0.329 e. The fourth-order valence-corrected chi connectivity index (χ4v) is 3.60. The number of H-pyrrole nitrogens is 1. The number of nitrogens with one attached hydrogen (secondary N) is 1. The summed E-state index contributed by atoms with van der Waals surface area (Å²) in [4.78, 5) is 31.0. The highest BCUT2D eigenvalue weighted by molar-refractivity contribution is 7.99. The minimum absolute atomic E-state index is 0.222. The number of aromatic amines is 1. The predicted molar refractivity (Wildman–Crippen MR) is 99.7 cm³/mol. The van der Waals surface area contributed by atoms with Crippen LogP contribution in [0.25, 0.3) is 11.2 Å². The molecular weight excluding hydrogens is 356 g/mol. The molecule has 1 aromatic carbocycles. The van der Waals surface area contributed by atoms with E-state index in [0.717, 1.165) is 11.1 Å². The van der Waals surface area contributed by atoms with Crippen LogP contribution in [0.1, 0.15) is 11.1 Å². The van der Waals surface area contributed by atoms with Gasteiger partial charge in [-0.05, 0) is 12.5 Å². The Hall–Kier alpha value is -2.36. The second kappa shape index (κ2) is 7.48. The Labute approximate surface area is 153 Å². The third-order valence-electron chi connectivity index (χ3n) is 4.01. The summed E-state index contributed by atoms with van der Waals surface area (Å²) in [6.07, 6.45) is -0.894. The lowest BCUT2D eigenvalue weighted by molar-refractivity contribution is 0.113. The first-order chi connectivity index (χ1) is 12.4. The lowest BCUT2D eigenvalue weighted by atomic mass is 10.1. The Balaban J connectivity index is 2.14. The molecule has 9 heteroatoms. The van der Waals surface area contributed by atoms with Gasteiger partial charge in [0.15, 0.2) is 16.3 Å². The third-order valence-corrected chi connectivity index (χ3v) is 5.13. The van der Waals surface area contributed by atoms with E-state index >= 15 is 0 Å². The topological polar surface area (TPSA) is 113 Å². The SMILES string of the molecule is Cc1cccc(Cn2c(SC[C@@H](O)CO)nc3c2c(=O)[nH]c(=O)n3C)c1. The Kier molecular flexibility index (Phi) is 5.30. The van der Waals surface area contributed by atoms with Crippen LogP contribution in [0, 0.1) is 6.92 Å². The summed E-state index contributed by atoms with van der Waals surface area (Å²) in [6, 6.07) is 7.89. The number of thioether (sulfide) groups is 1. The lowest BCUT2D eigenvalue weighted by Gasteiger charge is -2.10. The number of fused-ring (bicyclic) bond motifs is 1. The molecule has 0 radical (unpaired) electrons. The lowest BCUT2D eigenvalue weighted by Crippen LogP contribution is -2.29. The van der Waals surface area contributed by atoms with Crippen molar-refractivity contribution in [2.45, 2.75) is 24.7 Å². The van der Waals surface area contributed by atoms with Gasteiger partial charge < -0.3 is 14.8 Å². The summed E-state index contributed by atoms with van der Waals surface area (Å²) in [5.74, 6) is 0.222. The van der Waals surface area contributed by atoms with Crippen LogP contribution in [0.3, 0.4) is 0 Å². The van der Waals surface area contributed by atoms with Crippen molar-refractivity contribution in [2.24, 2.45) is 7.05 Å². The molecule has 0 saturated heterocycles. The van der Waals surface area contributed by atoms with E-state index in [2.05, 4.69) is 9.97 Å². The highest BCUT2D eigenvalue weighted by Crippen LogP contribution is 2.23. The molecule has 3 aromatic rings. The molecule has 26 heavy (non-hydrogen) atoms. The van der Waals surface area contributed by atoms with E-state index in [-0.39, 0.29) is 18.0 Å². The zero-order valence-corrected chi connectivity index (χ0v) is 15.3. The Bertz CT molecular complexity index is 1050. The van der Waals surface area contributed by atoms with Gasteiger partial charge in [0.1, 0.15) is 0 Å². The van der Waals surface area contributed by atoms with Crippen LogP contribution in [0.5, 0.6) is 0 Å². The fraction of sp³-hybridized carbons (Fsp3) is 0.353. The smallest absolute Gasteiger partial charge is 0.329 e. The van der Waals surface area contributed by atoms with Gasteiger partial charge >= 0.3 is 5.69 Å². The van der Waals surface area contributed by atoms with Crippen molar-refractivity contribution in [3.8, 4) is 0 Å². The van der Waals surface area contributed by atoms with Crippen LogP contribution >= 0.6 is 11.8 Å². The van der Waals surface area contributed by atoms with Gasteiger partial charge in [0.2, 0.25) is 0 Å². The number of hydrogen-bond acceptors (Lipinski definition) is 6. The van der Waals surface area contributed by atoms with Gasteiger partial charge in [-0.15, -0.1) is 0 Å². The molecule has 138 valence electrons. The molecule has 3 N–H and O–H groups in total. The molecule has 0 unspecified atom stereocenters. The van der Waals surface area contributed by atoms with Crippen molar-refractivity contribution in [3.05, 3.63) is 56.2 Å².